The van der Waals surface area contributed by atoms with Gasteiger partial charge in [0.1, 0.15) is 5.60 Å². The molecule has 0 spiro atoms. The van der Waals surface area contributed by atoms with Crippen LogP contribution >= 0.6 is 0 Å². The van der Waals surface area contributed by atoms with Crippen LogP contribution in [0.1, 0.15) is 51.9 Å². The lowest BCUT2D eigenvalue weighted by Gasteiger charge is -2.28. The first-order valence-corrected chi connectivity index (χ1v) is 6.75. The van der Waals surface area contributed by atoms with Gasteiger partial charge in [-0.2, -0.15) is 0 Å². The van der Waals surface area contributed by atoms with Crippen molar-refractivity contribution >= 4 is 5.91 Å². The number of carbonyl (C=O) groups is 1. The Labute approximate surface area is 103 Å². The van der Waals surface area contributed by atoms with Gasteiger partial charge in [0.2, 0.25) is 0 Å². The van der Waals surface area contributed by atoms with Crippen molar-refractivity contribution in [1.82, 2.24) is 5.32 Å². The lowest BCUT2D eigenvalue weighted by molar-refractivity contribution is -0.141. The third-order valence-corrected chi connectivity index (χ3v) is 4.00. The van der Waals surface area contributed by atoms with E-state index >= 15 is 0 Å². The van der Waals surface area contributed by atoms with Gasteiger partial charge in [-0.1, -0.05) is 19.3 Å². The molecule has 0 aromatic heterocycles. The quantitative estimate of drug-likeness (QED) is 0.718. The summed E-state index contributed by atoms with van der Waals surface area (Å²) in [7, 11) is 0. The number of aliphatic hydroxyl groups excluding tert-OH is 1. The Balaban J connectivity index is 1.92. The number of amides is 1. The monoisotopic (exact) mass is 241 g/mol. The molecule has 1 aliphatic heterocycles. The van der Waals surface area contributed by atoms with Gasteiger partial charge in [0.05, 0.1) is 12.1 Å². The van der Waals surface area contributed by atoms with Crippen molar-refractivity contribution in [2.24, 2.45) is 0 Å². The van der Waals surface area contributed by atoms with Crippen molar-refractivity contribution in [2.45, 2.75) is 69.6 Å². The molecule has 2 aliphatic rings. The van der Waals surface area contributed by atoms with Crippen LogP contribution < -0.4 is 5.32 Å². The van der Waals surface area contributed by atoms with Crippen molar-refractivity contribution in [3.05, 3.63) is 0 Å². The molecule has 98 valence electrons. The van der Waals surface area contributed by atoms with Crippen molar-refractivity contribution in [1.29, 1.82) is 0 Å². The summed E-state index contributed by atoms with van der Waals surface area (Å²) in [5.74, 6) is -0.0547. The molecule has 0 aromatic carbocycles. The molecule has 0 bridgehead atoms. The second-order valence-corrected chi connectivity index (χ2v) is 5.47. The highest BCUT2D eigenvalue weighted by Gasteiger charge is 2.39. The van der Waals surface area contributed by atoms with E-state index in [4.69, 9.17) is 4.74 Å². The molecule has 4 nitrogen and oxygen atoms in total. The summed E-state index contributed by atoms with van der Waals surface area (Å²) >= 11 is 0. The molecule has 0 radical (unpaired) electrons. The highest BCUT2D eigenvalue weighted by molar-refractivity contribution is 5.85. The smallest absolute Gasteiger partial charge is 0.252 e. The summed E-state index contributed by atoms with van der Waals surface area (Å²) in [5.41, 5.74) is -0.675. The van der Waals surface area contributed by atoms with Gasteiger partial charge in [0.15, 0.2) is 0 Å². The third kappa shape index (κ3) is 2.99. The zero-order valence-corrected chi connectivity index (χ0v) is 10.6. The molecule has 1 saturated heterocycles. The molecule has 3 unspecified atom stereocenters. The molecular weight excluding hydrogens is 218 g/mol. The van der Waals surface area contributed by atoms with Gasteiger partial charge >= 0.3 is 0 Å². The number of hydrogen-bond donors (Lipinski definition) is 2. The Morgan fingerprint density at radius 1 is 1.29 bits per heavy atom. The van der Waals surface area contributed by atoms with Crippen molar-refractivity contribution in [3.63, 3.8) is 0 Å². The molecule has 3 atom stereocenters. The van der Waals surface area contributed by atoms with Gasteiger partial charge in [0.25, 0.3) is 5.91 Å². The first kappa shape index (κ1) is 12.8. The Morgan fingerprint density at radius 2 is 2.06 bits per heavy atom. The normalized spacial score (nSPS) is 38.7. The van der Waals surface area contributed by atoms with Gasteiger partial charge < -0.3 is 15.2 Å². The first-order chi connectivity index (χ1) is 8.12. The minimum atomic E-state index is -0.675. The van der Waals surface area contributed by atoms with E-state index in [1.807, 2.05) is 6.92 Å². The molecular formula is C13H23NO3. The van der Waals surface area contributed by atoms with Crippen LogP contribution in [0.5, 0.6) is 0 Å². The predicted octanol–water partition coefficient (Wildman–Crippen LogP) is 1.37. The molecule has 17 heavy (non-hydrogen) atoms. The van der Waals surface area contributed by atoms with Crippen LogP contribution in [-0.2, 0) is 9.53 Å². The summed E-state index contributed by atoms with van der Waals surface area (Å²) in [6.45, 7) is 2.51. The molecule has 2 rings (SSSR count). The molecule has 2 N–H and O–H groups in total. The van der Waals surface area contributed by atoms with E-state index in [1.54, 1.807) is 0 Å². The first-order valence-electron chi connectivity index (χ1n) is 6.75. The van der Waals surface area contributed by atoms with E-state index in [2.05, 4.69) is 5.32 Å². The SMILES string of the molecule is CC1(C(=O)NC2CCCCCC2O)CCCO1. The van der Waals surface area contributed by atoms with Crippen molar-refractivity contribution < 1.29 is 14.6 Å². The van der Waals surface area contributed by atoms with E-state index in [0.717, 1.165) is 44.9 Å². The number of rotatable bonds is 2. The molecule has 0 aromatic rings. The maximum absolute atomic E-state index is 12.1. The lowest BCUT2D eigenvalue weighted by Crippen LogP contribution is -2.51. The van der Waals surface area contributed by atoms with Crippen LogP contribution in [0.25, 0.3) is 0 Å². The van der Waals surface area contributed by atoms with Crippen LogP contribution in [0.4, 0.5) is 0 Å². The zero-order chi connectivity index (χ0) is 12.3. The van der Waals surface area contributed by atoms with E-state index in [-0.39, 0.29) is 11.9 Å². The molecule has 4 heteroatoms. The Morgan fingerprint density at radius 3 is 2.76 bits per heavy atom. The Kier molecular flexibility index (Phi) is 4.05. The maximum atomic E-state index is 12.1. The second kappa shape index (κ2) is 5.36. The number of hydrogen-bond acceptors (Lipinski definition) is 3. The van der Waals surface area contributed by atoms with Gasteiger partial charge in [-0.3, -0.25) is 4.79 Å². The molecule has 1 saturated carbocycles. The fourth-order valence-electron chi connectivity index (χ4n) is 2.74. The molecule has 2 fully saturated rings. The standard InChI is InChI=1S/C13H23NO3/c1-13(8-5-9-17-13)12(16)14-10-6-3-2-4-7-11(10)15/h10-11,15H,2-9H2,1H3,(H,14,16). The summed E-state index contributed by atoms with van der Waals surface area (Å²) in [4.78, 5) is 12.1. The highest BCUT2D eigenvalue weighted by atomic mass is 16.5. The number of aliphatic hydroxyl groups is 1. The van der Waals surface area contributed by atoms with Gasteiger partial charge in [0, 0.05) is 6.61 Å². The van der Waals surface area contributed by atoms with E-state index in [0.29, 0.717) is 6.61 Å². The summed E-state index contributed by atoms with van der Waals surface area (Å²) < 4.78 is 5.52. The molecule has 1 amide bonds. The fraction of sp³-hybridized carbons (Fsp3) is 0.923. The van der Waals surface area contributed by atoms with Crippen LogP contribution in [0.2, 0.25) is 0 Å². The zero-order valence-electron chi connectivity index (χ0n) is 10.6. The fourth-order valence-corrected chi connectivity index (χ4v) is 2.74. The Hall–Kier alpha value is -0.610. The van der Waals surface area contributed by atoms with Gasteiger partial charge in [-0.05, 0) is 32.6 Å². The Bertz CT molecular complexity index is 274. The van der Waals surface area contributed by atoms with E-state index in [9.17, 15) is 9.90 Å². The summed E-state index contributed by atoms with van der Waals surface area (Å²) in [5, 5.41) is 12.9. The maximum Gasteiger partial charge on any atom is 0.252 e. The molecule has 1 heterocycles. The summed E-state index contributed by atoms with van der Waals surface area (Å²) in [6.07, 6.45) is 6.29. The van der Waals surface area contributed by atoms with Crippen LogP contribution in [-0.4, -0.2) is 35.4 Å². The molecule has 1 aliphatic carbocycles. The minimum absolute atomic E-state index is 0.0547. The van der Waals surface area contributed by atoms with E-state index in [1.165, 1.54) is 0 Å². The van der Waals surface area contributed by atoms with Crippen LogP contribution in [0.3, 0.4) is 0 Å². The number of nitrogens with one attached hydrogen (secondary N) is 1. The van der Waals surface area contributed by atoms with Crippen LogP contribution in [0, 0.1) is 0 Å². The number of carbonyl (C=O) groups excluding carboxylic acids is 1. The van der Waals surface area contributed by atoms with Gasteiger partial charge in [-0.25, -0.2) is 0 Å². The average Bonchev–Trinajstić information content (AvgIpc) is 2.65. The minimum Gasteiger partial charge on any atom is -0.391 e. The predicted molar refractivity (Wildman–Crippen MR) is 64.6 cm³/mol. The third-order valence-electron chi connectivity index (χ3n) is 4.00. The van der Waals surface area contributed by atoms with Gasteiger partial charge in [-0.15, -0.1) is 0 Å². The van der Waals surface area contributed by atoms with Crippen LogP contribution in [0.15, 0.2) is 0 Å². The second-order valence-electron chi connectivity index (χ2n) is 5.47. The number of ether oxygens (including phenoxy) is 1. The van der Waals surface area contributed by atoms with Crippen molar-refractivity contribution in [3.8, 4) is 0 Å². The highest BCUT2D eigenvalue weighted by Crippen LogP contribution is 2.26. The van der Waals surface area contributed by atoms with E-state index < -0.39 is 11.7 Å². The largest absolute Gasteiger partial charge is 0.391 e. The summed E-state index contributed by atoms with van der Waals surface area (Å²) in [6, 6.07) is -0.0916. The average molecular weight is 241 g/mol. The lowest BCUT2D eigenvalue weighted by atomic mass is 9.99. The topological polar surface area (TPSA) is 58.6 Å². The van der Waals surface area contributed by atoms with Crippen molar-refractivity contribution in [2.75, 3.05) is 6.61 Å².